The molecule has 1 aliphatic heterocycles. The average molecular weight is 1160 g/mol. The zero-order chi connectivity index (χ0) is 58.0. The third-order valence-corrected chi connectivity index (χ3v) is 13.9. The van der Waals surface area contributed by atoms with Crippen molar-refractivity contribution >= 4 is 69.3 Å². The van der Waals surface area contributed by atoms with E-state index in [2.05, 4.69) is 46.1 Å². The Morgan fingerprint density at radius 2 is 1.25 bits per heavy atom. The van der Waals surface area contributed by atoms with Crippen LogP contribution in [0.1, 0.15) is 36.0 Å². The lowest BCUT2D eigenvalue weighted by atomic mass is 10.1. The standard InChI is InChI=1S/C60H55ClF3N15O5/c61-45-11-13-53(83-30-5-29-80)51(35-45)79(58(81)71-46-8-3-6-42(32-46)49-38-76-26-22-67-56(76)54(72-49)69-36-40-14-18-65-19-15-40)78(59(82)74-48-34-44(60(62,63)64)10-12-52(48)84-31-28-75-24-1-2-25-75)47-9-4-7-43(33-47)50-39-77-27-23-68-57(77)55(73-50)70-37-41-16-20-66-21-17-41/h3-4,6-23,26-27,32-35,38-39,80H,1-2,5,24-25,28-31,36-37H2,(H,69,72)(H,70,73)(H,71,81)(H,74,82). The number of fused-ring (bicyclic) bond motifs is 2. The normalized spacial score (nSPS) is 12.5. The maximum atomic E-state index is 15.8. The molecule has 6 aromatic heterocycles. The number of alkyl halides is 3. The van der Waals surface area contributed by atoms with Gasteiger partial charge >= 0.3 is 18.2 Å². The fourth-order valence-electron chi connectivity index (χ4n) is 9.53. The maximum Gasteiger partial charge on any atom is 0.416 e. The molecule has 5 N–H and O–H groups in total. The van der Waals surface area contributed by atoms with E-state index in [1.54, 1.807) is 109 Å². The predicted octanol–water partition coefficient (Wildman–Crippen LogP) is 11.7. The number of amides is 4. The highest BCUT2D eigenvalue weighted by Crippen LogP contribution is 2.39. The van der Waals surface area contributed by atoms with Gasteiger partial charge in [-0.2, -0.15) is 23.2 Å². The van der Waals surface area contributed by atoms with Crippen molar-refractivity contribution in [2.45, 2.75) is 38.5 Å². The van der Waals surface area contributed by atoms with Gasteiger partial charge in [-0.1, -0.05) is 35.9 Å². The Kier molecular flexibility index (Phi) is 17.0. The molecule has 0 unspecified atom stereocenters. The largest absolute Gasteiger partial charge is 0.491 e. The van der Waals surface area contributed by atoms with E-state index < -0.39 is 23.8 Å². The first-order valence-corrected chi connectivity index (χ1v) is 27.3. The van der Waals surface area contributed by atoms with Crippen LogP contribution in [0.3, 0.4) is 0 Å². The Morgan fingerprint density at radius 1 is 0.655 bits per heavy atom. The summed E-state index contributed by atoms with van der Waals surface area (Å²) in [7, 11) is 0. The van der Waals surface area contributed by atoms with E-state index in [0.29, 0.717) is 65.1 Å². The molecule has 0 spiro atoms. The van der Waals surface area contributed by atoms with Gasteiger partial charge in [-0.25, -0.2) is 29.5 Å². The first kappa shape index (κ1) is 56.0. The third-order valence-electron chi connectivity index (χ3n) is 13.7. The summed E-state index contributed by atoms with van der Waals surface area (Å²) in [5, 5.41) is 24.3. The minimum atomic E-state index is -4.82. The van der Waals surface area contributed by atoms with Gasteiger partial charge in [-0.15, -0.1) is 0 Å². The molecule has 1 saturated heterocycles. The molecule has 7 heterocycles. The molecular formula is C60H55ClF3N15O5. The lowest BCUT2D eigenvalue weighted by molar-refractivity contribution is -0.137. The van der Waals surface area contributed by atoms with Gasteiger partial charge in [0.2, 0.25) is 0 Å². The van der Waals surface area contributed by atoms with Crippen molar-refractivity contribution in [3.05, 3.63) is 193 Å². The van der Waals surface area contributed by atoms with Crippen LogP contribution >= 0.6 is 11.6 Å². The SMILES string of the molecule is O=C(Nc1cc(C(F)(F)F)ccc1OCCN1CCCC1)N(c1cccc(-c2cn3ccnc3c(NCc3ccncc3)n2)c1)N(C(=O)Nc1cccc(-c2cn3ccnc3c(NCc3ccncc3)n2)c1)c1cc(Cl)ccc1OCCCO. The summed E-state index contributed by atoms with van der Waals surface area (Å²) >= 11 is 6.79. The molecule has 428 valence electrons. The Hall–Kier alpha value is -9.84. The monoisotopic (exact) mass is 1160 g/mol. The van der Waals surface area contributed by atoms with Gasteiger partial charge in [0, 0.05) is 116 Å². The van der Waals surface area contributed by atoms with Crippen molar-refractivity contribution < 1.29 is 37.3 Å². The van der Waals surface area contributed by atoms with Crippen LogP contribution in [0, 0.1) is 0 Å². The van der Waals surface area contributed by atoms with Crippen LogP contribution in [-0.4, -0.2) is 100 Å². The fourth-order valence-corrected chi connectivity index (χ4v) is 9.69. The number of benzene rings is 4. The smallest absolute Gasteiger partial charge is 0.416 e. The highest BCUT2D eigenvalue weighted by Gasteiger charge is 2.36. The van der Waals surface area contributed by atoms with E-state index in [9.17, 15) is 18.3 Å². The van der Waals surface area contributed by atoms with E-state index in [1.165, 1.54) is 18.2 Å². The summed E-state index contributed by atoms with van der Waals surface area (Å²) in [4.78, 5) is 60.9. The highest BCUT2D eigenvalue weighted by molar-refractivity contribution is 6.31. The number of hydrazine groups is 1. The van der Waals surface area contributed by atoms with Crippen LogP contribution in [0.25, 0.3) is 33.8 Å². The van der Waals surface area contributed by atoms with Crippen LogP contribution in [0.2, 0.25) is 5.02 Å². The number of pyridine rings is 2. The highest BCUT2D eigenvalue weighted by atomic mass is 35.5. The van der Waals surface area contributed by atoms with Gasteiger partial charge in [0.1, 0.15) is 23.8 Å². The molecule has 0 bridgehead atoms. The Balaban J connectivity index is 1.02. The van der Waals surface area contributed by atoms with E-state index in [-0.39, 0.29) is 65.5 Å². The number of aromatic nitrogens is 8. The number of anilines is 6. The minimum Gasteiger partial charge on any atom is -0.491 e. The van der Waals surface area contributed by atoms with Gasteiger partial charge in [0.25, 0.3) is 0 Å². The summed E-state index contributed by atoms with van der Waals surface area (Å²) in [6.45, 7) is 2.86. The molecule has 20 nitrogen and oxygen atoms in total. The molecule has 10 aromatic rings. The van der Waals surface area contributed by atoms with Crippen molar-refractivity contribution in [3.8, 4) is 34.0 Å². The van der Waals surface area contributed by atoms with Gasteiger partial charge in [0.05, 0.1) is 34.9 Å². The number of urea groups is 2. The van der Waals surface area contributed by atoms with Gasteiger partial charge in [-0.05, 0) is 122 Å². The number of carbonyl (C=O) groups excluding carboxylic acids is 2. The Morgan fingerprint density at radius 3 is 1.88 bits per heavy atom. The number of hydrogen-bond donors (Lipinski definition) is 5. The Labute approximate surface area is 484 Å². The number of nitrogens with zero attached hydrogens (tertiary/aromatic N) is 11. The topological polar surface area (TPSA) is 217 Å². The van der Waals surface area contributed by atoms with Crippen LogP contribution in [-0.2, 0) is 19.3 Å². The number of aliphatic hydroxyl groups is 1. The molecule has 4 amide bonds. The van der Waals surface area contributed by atoms with E-state index in [4.69, 9.17) is 31.0 Å². The second-order valence-electron chi connectivity index (χ2n) is 19.4. The number of rotatable bonds is 20. The zero-order valence-corrected chi connectivity index (χ0v) is 45.7. The van der Waals surface area contributed by atoms with Crippen LogP contribution in [0.4, 0.5) is 57.1 Å². The number of carbonyl (C=O) groups is 2. The molecule has 0 atom stereocenters. The molecule has 1 fully saturated rings. The average Bonchev–Trinajstić information content (AvgIpc) is 4.05. The molecule has 0 aliphatic carbocycles. The Bertz CT molecular complexity index is 3920. The van der Waals surface area contributed by atoms with E-state index >= 15 is 9.59 Å². The molecule has 1 aliphatic rings. The number of aliphatic hydroxyl groups excluding tert-OH is 1. The summed E-state index contributed by atoms with van der Waals surface area (Å²) in [6, 6.07) is 26.2. The zero-order valence-electron chi connectivity index (χ0n) is 45.0. The number of halogens is 4. The third kappa shape index (κ3) is 13.2. The molecule has 24 heteroatoms. The number of likely N-dealkylation sites (tertiary alicyclic amines) is 1. The quantitative estimate of drug-likeness (QED) is 0.0354. The van der Waals surface area contributed by atoms with Crippen molar-refractivity contribution in [1.82, 2.24) is 43.6 Å². The minimum absolute atomic E-state index is 0.0275. The van der Waals surface area contributed by atoms with Crippen LogP contribution in [0.5, 0.6) is 11.5 Å². The molecule has 0 radical (unpaired) electrons. The van der Waals surface area contributed by atoms with Crippen molar-refractivity contribution in [1.29, 1.82) is 0 Å². The summed E-state index contributed by atoms with van der Waals surface area (Å²) in [5.41, 5.74) is 3.78. The molecular weight excluding hydrogens is 1100 g/mol. The molecule has 0 saturated carbocycles. The molecule has 4 aromatic carbocycles. The first-order chi connectivity index (χ1) is 40.9. The van der Waals surface area contributed by atoms with Crippen molar-refractivity contribution in [3.63, 3.8) is 0 Å². The second-order valence-corrected chi connectivity index (χ2v) is 19.9. The van der Waals surface area contributed by atoms with Crippen molar-refractivity contribution in [2.75, 3.05) is 70.7 Å². The van der Waals surface area contributed by atoms with Crippen LogP contribution < -0.4 is 40.8 Å². The fraction of sp³-hybridized carbons (Fsp3) is 0.200. The summed E-state index contributed by atoms with van der Waals surface area (Å²) in [6.07, 6.45) is 14.5. The number of hydrogen-bond acceptors (Lipinski definition) is 14. The van der Waals surface area contributed by atoms with E-state index in [1.807, 2.05) is 34.7 Å². The van der Waals surface area contributed by atoms with Crippen LogP contribution in [0.15, 0.2) is 171 Å². The van der Waals surface area contributed by atoms with Crippen molar-refractivity contribution in [2.24, 2.45) is 0 Å². The van der Waals surface area contributed by atoms with Gasteiger partial charge < -0.3 is 44.6 Å². The van der Waals surface area contributed by atoms with E-state index in [0.717, 1.165) is 65.3 Å². The van der Waals surface area contributed by atoms with Gasteiger partial charge in [-0.3, -0.25) is 14.9 Å². The summed E-state index contributed by atoms with van der Waals surface area (Å²) in [5.74, 6) is 0.931. The first-order valence-electron chi connectivity index (χ1n) is 26.9. The number of nitrogens with one attached hydrogen (secondary N) is 4. The van der Waals surface area contributed by atoms with Gasteiger partial charge in [0.15, 0.2) is 22.9 Å². The second kappa shape index (κ2) is 25.5. The summed E-state index contributed by atoms with van der Waals surface area (Å²) < 4.78 is 59.9. The maximum absolute atomic E-state index is 15.8. The lowest BCUT2D eigenvalue weighted by Crippen LogP contribution is -2.54. The number of imidazole rings is 2. The lowest BCUT2D eigenvalue weighted by Gasteiger charge is -2.36. The number of ether oxygens (including phenoxy) is 2. The molecule has 11 rings (SSSR count). The predicted molar refractivity (Wildman–Crippen MR) is 314 cm³/mol. The molecule has 84 heavy (non-hydrogen) atoms.